The van der Waals surface area contributed by atoms with Gasteiger partial charge in [-0.15, -0.1) is 0 Å². The SMILES string of the molecule is Clc1ccc(-n2cncc2C2CCCNC2)cc1Br. The normalized spacial score (nSPS) is 19.6. The van der Waals surface area contributed by atoms with Gasteiger partial charge in [-0.05, 0) is 53.5 Å². The fourth-order valence-electron chi connectivity index (χ4n) is 2.56. The highest BCUT2D eigenvalue weighted by Gasteiger charge is 2.19. The molecule has 0 amide bonds. The van der Waals surface area contributed by atoms with E-state index in [1.165, 1.54) is 18.5 Å². The second kappa shape index (κ2) is 5.65. The molecule has 1 fully saturated rings. The third kappa shape index (κ3) is 2.71. The van der Waals surface area contributed by atoms with Crippen LogP contribution in [0.5, 0.6) is 0 Å². The van der Waals surface area contributed by atoms with E-state index in [4.69, 9.17) is 11.6 Å². The van der Waals surface area contributed by atoms with Crippen molar-refractivity contribution in [3.05, 3.63) is 45.9 Å². The van der Waals surface area contributed by atoms with Crippen LogP contribution in [0.2, 0.25) is 5.02 Å². The first-order valence-corrected chi connectivity index (χ1v) is 7.61. The first-order chi connectivity index (χ1) is 9.25. The molecule has 0 spiro atoms. The third-order valence-corrected chi connectivity index (χ3v) is 4.78. The van der Waals surface area contributed by atoms with E-state index in [-0.39, 0.29) is 0 Å². The number of aromatic nitrogens is 2. The monoisotopic (exact) mass is 339 g/mol. The zero-order valence-corrected chi connectivity index (χ0v) is 12.8. The van der Waals surface area contributed by atoms with Gasteiger partial charge in [0, 0.05) is 34.5 Å². The summed E-state index contributed by atoms with van der Waals surface area (Å²) in [4.78, 5) is 4.31. The molecule has 3 rings (SSSR count). The lowest BCUT2D eigenvalue weighted by molar-refractivity contribution is 0.451. The van der Waals surface area contributed by atoms with Gasteiger partial charge in [-0.1, -0.05) is 11.6 Å². The Balaban J connectivity index is 1.96. The molecule has 0 aliphatic carbocycles. The zero-order chi connectivity index (χ0) is 13.2. The molecule has 1 N–H and O–H groups in total. The lowest BCUT2D eigenvalue weighted by Crippen LogP contribution is -2.29. The molecule has 1 aliphatic rings. The van der Waals surface area contributed by atoms with E-state index in [9.17, 15) is 0 Å². The van der Waals surface area contributed by atoms with Crippen LogP contribution in [0.4, 0.5) is 0 Å². The van der Waals surface area contributed by atoms with Gasteiger partial charge in [0.1, 0.15) is 0 Å². The van der Waals surface area contributed by atoms with Crippen LogP contribution in [0.3, 0.4) is 0 Å². The minimum atomic E-state index is 0.533. The number of halogens is 2. The van der Waals surface area contributed by atoms with Crippen LogP contribution < -0.4 is 5.32 Å². The summed E-state index contributed by atoms with van der Waals surface area (Å²) in [5.74, 6) is 0.533. The number of hydrogen-bond acceptors (Lipinski definition) is 2. The summed E-state index contributed by atoms with van der Waals surface area (Å²) in [6, 6.07) is 5.96. The Labute approximate surface area is 126 Å². The highest BCUT2D eigenvalue weighted by Crippen LogP contribution is 2.29. The summed E-state index contributed by atoms with van der Waals surface area (Å²) >= 11 is 9.52. The lowest BCUT2D eigenvalue weighted by Gasteiger charge is -2.23. The molecule has 100 valence electrons. The van der Waals surface area contributed by atoms with Gasteiger partial charge < -0.3 is 9.88 Å². The summed E-state index contributed by atoms with van der Waals surface area (Å²) in [5, 5.41) is 4.18. The van der Waals surface area contributed by atoms with Crippen molar-refractivity contribution >= 4 is 27.5 Å². The number of rotatable bonds is 2. The van der Waals surface area contributed by atoms with Crippen molar-refractivity contribution in [2.24, 2.45) is 0 Å². The van der Waals surface area contributed by atoms with Crippen molar-refractivity contribution < 1.29 is 0 Å². The maximum atomic E-state index is 6.05. The average Bonchev–Trinajstić information content (AvgIpc) is 2.92. The molecule has 1 unspecified atom stereocenters. The molecule has 0 saturated carbocycles. The minimum absolute atomic E-state index is 0.533. The number of piperidine rings is 1. The second-order valence-corrected chi connectivity index (χ2v) is 6.09. The molecule has 19 heavy (non-hydrogen) atoms. The van der Waals surface area contributed by atoms with Gasteiger partial charge in [0.25, 0.3) is 0 Å². The Morgan fingerprint density at radius 3 is 3.05 bits per heavy atom. The topological polar surface area (TPSA) is 29.9 Å². The van der Waals surface area contributed by atoms with Gasteiger partial charge >= 0.3 is 0 Å². The van der Waals surface area contributed by atoms with Crippen LogP contribution in [0.25, 0.3) is 5.69 Å². The van der Waals surface area contributed by atoms with Gasteiger partial charge in [0.2, 0.25) is 0 Å². The minimum Gasteiger partial charge on any atom is -0.316 e. The van der Waals surface area contributed by atoms with E-state index in [0.717, 1.165) is 28.3 Å². The molecule has 2 heterocycles. The maximum Gasteiger partial charge on any atom is 0.0994 e. The first-order valence-electron chi connectivity index (χ1n) is 6.44. The van der Waals surface area contributed by atoms with E-state index in [1.807, 2.05) is 30.7 Å². The van der Waals surface area contributed by atoms with Gasteiger partial charge in [-0.2, -0.15) is 0 Å². The van der Waals surface area contributed by atoms with Crippen LogP contribution in [0.1, 0.15) is 24.5 Å². The molecular weight excluding hydrogens is 326 g/mol. The van der Waals surface area contributed by atoms with Gasteiger partial charge in [0.05, 0.1) is 11.3 Å². The summed E-state index contributed by atoms with van der Waals surface area (Å²) in [6.45, 7) is 2.15. The fraction of sp³-hybridized carbons (Fsp3) is 0.357. The van der Waals surface area contributed by atoms with E-state index < -0.39 is 0 Å². The van der Waals surface area contributed by atoms with Crippen LogP contribution in [-0.2, 0) is 0 Å². The number of nitrogens with one attached hydrogen (secondary N) is 1. The Morgan fingerprint density at radius 1 is 1.42 bits per heavy atom. The van der Waals surface area contributed by atoms with Crippen molar-refractivity contribution in [2.45, 2.75) is 18.8 Å². The average molecular weight is 341 g/mol. The summed E-state index contributed by atoms with van der Waals surface area (Å²) in [6.07, 6.45) is 6.29. The molecule has 3 nitrogen and oxygen atoms in total. The second-order valence-electron chi connectivity index (χ2n) is 4.83. The molecule has 1 aromatic carbocycles. The fourth-order valence-corrected chi connectivity index (χ4v) is 3.05. The van der Waals surface area contributed by atoms with E-state index >= 15 is 0 Å². The molecule has 1 atom stereocenters. The first kappa shape index (κ1) is 13.2. The van der Waals surface area contributed by atoms with Crippen LogP contribution >= 0.6 is 27.5 Å². The highest BCUT2D eigenvalue weighted by molar-refractivity contribution is 9.10. The molecule has 1 aliphatic heterocycles. The largest absolute Gasteiger partial charge is 0.316 e. The molecule has 5 heteroatoms. The zero-order valence-electron chi connectivity index (χ0n) is 10.4. The Bertz CT molecular complexity index is 576. The summed E-state index contributed by atoms with van der Waals surface area (Å²) in [5.41, 5.74) is 2.36. The number of hydrogen-bond donors (Lipinski definition) is 1. The highest BCUT2D eigenvalue weighted by atomic mass is 79.9. The summed E-state index contributed by atoms with van der Waals surface area (Å²) in [7, 11) is 0. The predicted molar refractivity (Wildman–Crippen MR) is 81.1 cm³/mol. The number of nitrogens with zero attached hydrogens (tertiary/aromatic N) is 2. The van der Waals surface area contributed by atoms with Crippen LogP contribution in [0.15, 0.2) is 35.2 Å². The van der Waals surface area contributed by atoms with Crippen molar-refractivity contribution in [3.8, 4) is 5.69 Å². The van der Waals surface area contributed by atoms with E-state index in [2.05, 4.69) is 30.8 Å². The smallest absolute Gasteiger partial charge is 0.0994 e. The molecule has 0 radical (unpaired) electrons. The standard InChI is InChI=1S/C14H15BrClN3/c15-12-6-11(3-4-13(12)16)19-9-18-8-14(19)10-2-1-5-17-7-10/h3-4,6,8-10,17H,1-2,5,7H2. The quantitative estimate of drug-likeness (QED) is 0.902. The molecule has 1 saturated heterocycles. The maximum absolute atomic E-state index is 6.05. The molecule has 0 bridgehead atoms. The summed E-state index contributed by atoms with van der Waals surface area (Å²) < 4.78 is 3.06. The van der Waals surface area contributed by atoms with Crippen molar-refractivity contribution in [1.29, 1.82) is 0 Å². The van der Waals surface area contributed by atoms with E-state index in [1.54, 1.807) is 0 Å². The van der Waals surface area contributed by atoms with Crippen molar-refractivity contribution in [1.82, 2.24) is 14.9 Å². The lowest BCUT2D eigenvalue weighted by atomic mass is 9.96. The molecular formula is C14H15BrClN3. The van der Waals surface area contributed by atoms with Crippen molar-refractivity contribution in [2.75, 3.05) is 13.1 Å². The number of imidazole rings is 1. The Kier molecular flexibility index (Phi) is 3.91. The number of benzene rings is 1. The Morgan fingerprint density at radius 2 is 2.32 bits per heavy atom. The van der Waals surface area contributed by atoms with E-state index in [0.29, 0.717) is 5.92 Å². The molecule has 1 aromatic heterocycles. The van der Waals surface area contributed by atoms with Crippen LogP contribution in [0, 0.1) is 0 Å². The van der Waals surface area contributed by atoms with Gasteiger partial charge in [-0.3, -0.25) is 0 Å². The van der Waals surface area contributed by atoms with Gasteiger partial charge in [0.15, 0.2) is 0 Å². The molecule has 2 aromatic rings. The van der Waals surface area contributed by atoms with Gasteiger partial charge in [-0.25, -0.2) is 4.98 Å². The predicted octanol–water partition coefficient (Wildman–Crippen LogP) is 3.76. The van der Waals surface area contributed by atoms with Crippen LogP contribution in [-0.4, -0.2) is 22.6 Å². The third-order valence-electron chi connectivity index (χ3n) is 3.56. The Hall–Kier alpha value is -0.840. The van der Waals surface area contributed by atoms with Crippen molar-refractivity contribution in [3.63, 3.8) is 0 Å².